The number of hydrogen-bond donors (Lipinski definition) is 2. The molecule has 1 aromatic carbocycles. The number of nitrogens with two attached hydrogens (primary N) is 1. The van der Waals surface area contributed by atoms with Gasteiger partial charge in [-0.25, -0.2) is 18.4 Å². The Labute approximate surface area is 119 Å². The summed E-state index contributed by atoms with van der Waals surface area (Å²) in [4.78, 5) is 11.5. The van der Waals surface area contributed by atoms with Crippen molar-refractivity contribution in [3.8, 4) is 0 Å². The summed E-state index contributed by atoms with van der Waals surface area (Å²) in [5.74, 6) is 0. The third kappa shape index (κ3) is 5.58. The molecule has 6 nitrogen and oxygen atoms in total. The van der Waals surface area contributed by atoms with Gasteiger partial charge in [0.05, 0.1) is 4.90 Å². The van der Waals surface area contributed by atoms with Gasteiger partial charge in [0, 0.05) is 6.54 Å². The van der Waals surface area contributed by atoms with Crippen LogP contribution in [0.15, 0.2) is 29.2 Å². The highest BCUT2D eigenvalue weighted by Gasteiger charge is 2.16. The Hall–Kier alpha value is -1.60. The van der Waals surface area contributed by atoms with Crippen LogP contribution >= 0.6 is 0 Å². The van der Waals surface area contributed by atoms with Crippen molar-refractivity contribution in [3.05, 3.63) is 29.8 Å². The maximum Gasteiger partial charge on any atom is 0.407 e. The molecule has 0 bridgehead atoms. The molecule has 0 saturated carbocycles. The van der Waals surface area contributed by atoms with Gasteiger partial charge < -0.3 is 10.1 Å². The van der Waals surface area contributed by atoms with Crippen LogP contribution in [0.5, 0.6) is 0 Å². The number of rotatable bonds is 4. The molecule has 1 aromatic rings. The number of nitrogens with one attached hydrogen (secondary N) is 1. The Kier molecular flexibility index (Phi) is 5.13. The molecule has 1 amide bonds. The molecule has 0 saturated heterocycles. The van der Waals surface area contributed by atoms with E-state index < -0.39 is 21.7 Å². The lowest BCUT2D eigenvalue weighted by atomic mass is 10.1. The summed E-state index contributed by atoms with van der Waals surface area (Å²) in [6.45, 7) is 5.57. The van der Waals surface area contributed by atoms with E-state index in [1.807, 2.05) is 0 Å². The fourth-order valence-electron chi connectivity index (χ4n) is 1.60. The smallest absolute Gasteiger partial charge is 0.407 e. The largest absolute Gasteiger partial charge is 0.444 e. The summed E-state index contributed by atoms with van der Waals surface area (Å²) < 4.78 is 27.9. The first kappa shape index (κ1) is 16.5. The Morgan fingerprint density at radius 2 is 1.90 bits per heavy atom. The molecule has 3 N–H and O–H groups in total. The number of sulfonamides is 1. The zero-order valence-corrected chi connectivity index (χ0v) is 12.7. The van der Waals surface area contributed by atoms with Crippen LogP contribution in [0.4, 0.5) is 4.79 Å². The van der Waals surface area contributed by atoms with Crippen LogP contribution in [0.2, 0.25) is 0 Å². The van der Waals surface area contributed by atoms with Crippen molar-refractivity contribution in [3.63, 3.8) is 0 Å². The predicted octanol–water partition coefficient (Wildman–Crippen LogP) is 1.40. The fourth-order valence-corrected chi connectivity index (χ4v) is 2.41. The van der Waals surface area contributed by atoms with Crippen molar-refractivity contribution in [2.45, 2.75) is 37.7 Å². The van der Waals surface area contributed by atoms with E-state index in [1.165, 1.54) is 6.07 Å². The zero-order chi connectivity index (χ0) is 15.4. The lowest BCUT2D eigenvalue weighted by Crippen LogP contribution is -2.33. The van der Waals surface area contributed by atoms with Gasteiger partial charge in [0.15, 0.2) is 0 Å². The summed E-state index contributed by atoms with van der Waals surface area (Å²) >= 11 is 0. The van der Waals surface area contributed by atoms with Crippen LogP contribution in [0.3, 0.4) is 0 Å². The Balaban J connectivity index is 2.62. The number of benzene rings is 1. The van der Waals surface area contributed by atoms with Gasteiger partial charge in [-0.3, -0.25) is 0 Å². The number of hydrogen-bond acceptors (Lipinski definition) is 4. The van der Waals surface area contributed by atoms with Gasteiger partial charge in [0.25, 0.3) is 0 Å². The molecule has 0 heterocycles. The minimum Gasteiger partial charge on any atom is -0.444 e. The maximum absolute atomic E-state index is 11.5. The molecule has 0 fully saturated rings. The summed E-state index contributed by atoms with van der Waals surface area (Å²) in [6.07, 6.45) is -0.183. The summed E-state index contributed by atoms with van der Waals surface area (Å²) in [7, 11) is -3.76. The van der Waals surface area contributed by atoms with Crippen LogP contribution < -0.4 is 10.5 Å². The second-order valence-corrected chi connectivity index (χ2v) is 6.86. The van der Waals surface area contributed by atoms with Crippen LogP contribution in [-0.4, -0.2) is 26.7 Å². The lowest BCUT2D eigenvalue weighted by molar-refractivity contribution is 0.0528. The predicted molar refractivity (Wildman–Crippen MR) is 75.8 cm³/mol. The molecule has 0 aromatic heterocycles. The molecule has 0 aliphatic heterocycles. The van der Waals surface area contributed by atoms with E-state index >= 15 is 0 Å². The number of amides is 1. The Morgan fingerprint density at radius 3 is 2.45 bits per heavy atom. The maximum atomic E-state index is 11.5. The van der Waals surface area contributed by atoms with Crippen molar-refractivity contribution < 1.29 is 17.9 Å². The molecular formula is C13H20N2O4S. The molecule has 7 heteroatoms. The van der Waals surface area contributed by atoms with Crippen LogP contribution in [-0.2, 0) is 21.2 Å². The van der Waals surface area contributed by atoms with Crippen LogP contribution in [0.1, 0.15) is 26.3 Å². The minimum atomic E-state index is -3.76. The van der Waals surface area contributed by atoms with Gasteiger partial charge in [-0.05, 0) is 38.8 Å². The summed E-state index contributed by atoms with van der Waals surface area (Å²) in [5, 5.41) is 7.70. The highest BCUT2D eigenvalue weighted by Crippen LogP contribution is 2.14. The number of carbonyl (C=O) groups excluding carboxylic acids is 1. The molecule has 20 heavy (non-hydrogen) atoms. The minimum absolute atomic E-state index is 0.0750. The van der Waals surface area contributed by atoms with Crippen LogP contribution in [0, 0.1) is 0 Å². The van der Waals surface area contributed by atoms with E-state index in [2.05, 4.69) is 5.32 Å². The molecule has 0 spiro atoms. The third-order valence-electron chi connectivity index (χ3n) is 2.34. The average Bonchev–Trinajstić information content (AvgIpc) is 2.25. The fraction of sp³-hybridized carbons (Fsp3) is 0.462. The highest BCUT2D eigenvalue weighted by molar-refractivity contribution is 7.89. The molecule has 0 unspecified atom stereocenters. The zero-order valence-electron chi connectivity index (χ0n) is 11.8. The number of alkyl carbamates (subject to hydrolysis) is 1. The highest BCUT2D eigenvalue weighted by atomic mass is 32.2. The van der Waals surface area contributed by atoms with Crippen molar-refractivity contribution in [1.29, 1.82) is 0 Å². The number of carbonyl (C=O) groups is 1. The van der Waals surface area contributed by atoms with Crippen LogP contribution in [0.25, 0.3) is 0 Å². The molecule has 0 aliphatic carbocycles. The van der Waals surface area contributed by atoms with Crippen molar-refractivity contribution >= 4 is 16.1 Å². The molecule has 112 valence electrons. The van der Waals surface area contributed by atoms with E-state index in [1.54, 1.807) is 39.0 Å². The Bertz CT molecular complexity index is 576. The van der Waals surface area contributed by atoms with Gasteiger partial charge in [-0.15, -0.1) is 0 Å². The van der Waals surface area contributed by atoms with Crippen molar-refractivity contribution in [2.24, 2.45) is 5.14 Å². The molecule has 0 radical (unpaired) electrons. The van der Waals surface area contributed by atoms with Gasteiger partial charge in [0.1, 0.15) is 5.60 Å². The monoisotopic (exact) mass is 300 g/mol. The average molecular weight is 300 g/mol. The van der Waals surface area contributed by atoms with Gasteiger partial charge in [-0.2, -0.15) is 0 Å². The first-order valence-corrected chi connectivity index (χ1v) is 7.72. The third-order valence-corrected chi connectivity index (χ3v) is 3.35. The van der Waals surface area contributed by atoms with E-state index in [-0.39, 0.29) is 11.4 Å². The summed E-state index contributed by atoms with van der Waals surface area (Å²) in [5.41, 5.74) is -0.00571. The van der Waals surface area contributed by atoms with Gasteiger partial charge in [0.2, 0.25) is 10.0 Å². The molecule has 0 aliphatic rings. The number of ether oxygens (including phenoxy) is 1. The summed E-state index contributed by atoms with van der Waals surface area (Å²) in [6, 6.07) is 6.43. The quantitative estimate of drug-likeness (QED) is 0.878. The van der Waals surface area contributed by atoms with Crippen molar-refractivity contribution in [2.75, 3.05) is 6.54 Å². The second-order valence-electron chi connectivity index (χ2n) is 5.33. The van der Waals surface area contributed by atoms with E-state index in [9.17, 15) is 13.2 Å². The van der Waals surface area contributed by atoms with E-state index in [0.29, 0.717) is 12.0 Å². The first-order chi connectivity index (χ1) is 9.09. The molecule has 0 atom stereocenters. The normalized spacial score (nSPS) is 12.0. The molecular weight excluding hydrogens is 280 g/mol. The van der Waals surface area contributed by atoms with Gasteiger partial charge in [-0.1, -0.05) is 18.2 Å². The Morgan fingerprint density at radius 1 is 1.30 bits per heavy atom. The van der Waals surface area contributed by atoms with Gasteiger partial charge >= 0.3 is 6.09 Å². The number of primary sulfonamides is 1. The van der Waals surface area contributed by atoms with E-state index in [0.717, 1.165) is 0 Å². The SMILES string of the molecule is CC(C)(C)OC(=O)NCCc1ccccc1S(N)(=O)=O. The van der Waals surface area contributed by atoms with E-state index in [4.69, 9.17) is 9.88 Å². The molecule has 1 rings (SSSR count). The topological polar surface area (TPSA) is 98.5 Å². The van der Waals surface area contributed by atoms with Crippen molar-refractivity contribution in [1.82, 2.24) is 5.32 Å². The standard InChI is InChI=1S/C13H20N2O4S/c1-13(2,3)19-12(16)15-9-8-10-6-4-5-7-11(10)20(14,17)18/h4-7H,8-9H2,1-3H3,(H,15,16)(H2,14,17,18). The first-order valence-electron chi connectivity index (χ1n) is 6.17. The lowest BCUT2D eigenvalue weighted by Gasteiger charge is -2.19. The second kappa shape index (κ2) is 6.23.